The highest BCUT2D eigenvalue weighted by atomic mass is 19.1. The molecule has 3 nitrogen and oxygen atoms in total. The minimum absolute atomic E-state index is 0.138. The minimum atomic E-state index is -1.48. The summed E-state index contributed by atoms with van der Waals surface area (Å²) < 4.78 is 14.0. The predicted molar refractivity (Wildman–Crippen MR) is 76.1 cm³/mol. The van der Waals surface area contributed by atoms with E-state index in [1.165, 1.54) is 12.1 Å². The van der Waals surface area contributed by atoms with Gasteiger partial charge in [-0.15, -0.1) is 0 Å². The maximum Gasteiger partial charge on any atom is 0.334 e. The van der Waals surface area contributed by atoms with Gasteiger partial charge < -0.3 is 10.4 Å². The van der Waals surface area contributed by atoms with Crippen LogP contribution in [0, 0.1) is 5.82 Å². The van der Waals surface area contributed by atoms with Gasteiger partial charge in [-0.05, 0) is 24.6 Å². The number of anilines is 1. The van der Waals surface area contributed by atoms with Crippen LogP contribution in [0.25, 0.3) is 0 Å². The summed E-state index contributed by atoms with van der Waals surface area (Å²) in [7, 11) is 0. The fourth-order valence-corrected chi connectivity index (χ4v) is 2.24. The van der Waals surface area contributed by atoms with Gasteiger partial charge in [-0.3, -0.25) is 0 Å². The molecule has 0 aromatic heterocycles. The van der Waals surface area contributed by atoms with Crippen LogP contribution in [0.1, 0.15) is 18.9 Å². The Hall–Kier alpha value is -2.36. The van der Waals surface area contributed by atoms with Gasteiger partial charge in [0.25, 0.3) is 0 Å². The van der Waals surface area contributed by atoms with Crippen LogP contribution >= 0.6 is 0 Å². The third kappa shape index (κ3) is 2.50. The summed E-state index contributed by atoms with van der Waals surface area (Å²) in [6.45, 7) is 1.72. The van der Waals surface area contributed by atoms with E-state index in [-0.39, 0.29) is 12.0 Å². The van der Waals surface area contributed by atoms with Crippen molar-refractivity contribution in [3.63, 3.8) is 0 Å². The summed E-state index contributed by atoms with van der Waals surface area (Å²) in [6.07, 6.45) is 0.220. The lowest BCUT2D eigenvalue weighted by Crippen LogP contribution is -2.43. The maximum absolute atomic E-state index is 14.0. The summed E-state index contributed by atoms with van der Waals surface area (Å²) in [6, 6.07) is 14.9. The SMILES string of the molecule is CCC(Nc1ccccc1)(C(=O)O)c1ccccc1F. The van der Waals surface area contributed by atoms with Crippen molar-refractivity contribution in [1.29, 1.82) is 0 Å². The lowest BCUT2D eigenvalue weighted by molar-refractivity contribution is -0.143. The van der Waals surface area contributed by atoms with Gasteiger partial charge in [0.05, 0.1) is 0 Å². The van der Waals surface area contributed by atoms with Gasteiger partial charge in [0.2, 0.25) is 0 Å². The number of hydrogen-bond donors (Lipinski definition) is 2. The van der Waals surface area contributed by atoms with Gasteiger partial charge in [-0.25, -0.2) is 9.18 Å². The van der Waals surface area contributed by atoms with Crippen molar-refractivity contribution < 1.29 is 14.3 Å². The van der Waals surface area contributed by atoms with E-state index < -0.39 is 17.3 Å². The number of hydrogen-bond acceptors (Lipinski definition) is 2. The molecule has 104 valence electrons. The fraction of sp³-hybridized carbons (Fsp3) is 0.188. The molecule has 0 heterocycles. The number of benzene rings is 2. The summed E-state index contributed by atoms with van der Waals surface area (Å²) in [5.74, 6) is -1.63. The number of aliphatic carboxylic acids is 1. The molecule has 0 saturated heterocycles. The quantitative estimate of drug-likeness (QED) is 0.874. The first-order valence-electron chi connectivity index (χ1n) is 6.42. The highest BCUT2D eigenvalue weighted by molar-refractivity contribution is 5.84. The van der Waals surface area contributed by atoms with Crippen LogP contribution in [0.15, 0.2) is 54.6 Å². The van der Waals surface area contributed by atoms with Crippen molar-refractivity contribution in [3.8, 4) is 0 Å². The topological polar surface area (TPSA) is 49.3 Å². The molecule has 20 heavy (non-hydrogen) atoms. The molecular weight excluding hydrogens is 257 g/mol. The van der Waals surface area contributed by atoms with Crippen molar-refractivity contribution in [2.75, 3.05) is 5.32 Å². The number of rotatable bonds is 5. The van der Waals surface area contributed by atoms with E-state index in [0.717, 1.165) is 0 Å². The van der Waals surface area contributed by atoms with Crippen LogP contribution in [-0.4, -0.2) is 11.1 Å². The van der Waals surface area contributed by atoms with Gasteiger partial charge in [0.1, 0.15) is 5.82 Å². The van der Waals surface area contributed by atoms with Crippen LogP contribution in [0.4, 0.5) is 10.1 Å². The number of halogens is 1. The predicted octanol–water partition coefficient (Wildman–Crippen LogP) is 3.63. The Morgan fingerprint density at radius 3 is 2.30 bits per heavy atom. The highest BCUT2D eigenvalue weighted by Crippen LogP contribution is 2.32. The Bertz CT molecular complexity index is 600. The van der Waals surface area contributed by atoms with E-state index in [0.29, 0.717) is 5.69 Å². The largest absolute Gasteiger partial charge is 0.479 e. The van der Waals surface area contributed by atoms with Crippen molar-refractivity contribution in [2.24, 2.45) is 0 Å². The number of carboxylic acids is 1. The second kappa shape index (κ2) is 5.74. The first-order chi connectivity index (χ1) is 9.60. The average molecular weight is 273 g/mol. The summed E-state index contributed by atoms with van der Waals surface area (Å²) in [5, 5.41) is 12.6. The molecule has 2 aromatic carbocycles. The van der Waals surface area contributed by atoms with Crippen molar-refractivity contribution in [1.82, 2.24) is 0 Å². The number of carboxylic acid groups (broad SMARTS) is 1. The van der Waals surface area contributed by atoms with Crippen LogP contribution in [0.2, 0.25) is 0 Å². The van der Waals surface area contributed by atoms with Crippen LogP contribution in [0.5, 0.6) is 0 Å². The molecule has 2 aromatic rings. The Kier molecular flexibility index (Phi) is 4.03. The van der Waals surface area contributed by atoms with E-state index in [9.17, 15) is 14.3 Å². The Morgan fingerprint density at radius 2 is 1.75 bits per heavy atom. The Labute approximate surface area is 117 Å². The van der Waals surface area contributed by atoms with Crippen molar-refractivity contribution >= 4 is 11.7 Å². The molecule has 0 saturated carbocycles. The van der Waals surface area contributed by atoms with E-state index in [1.807, 2.05) is 6.07 Å². The fourth-order valence-electron chi connectivity index (χ4n) is 2.24. The molecule has 1 unspecified atom stereocenters. The van der Waals surface area contributed by atoms with Crippen LogP contribution in [-0.2, 0) is 10.3 Å². The Morgan fingerprint density at radius 1 is 1.15 bits per heavy atom. The monoisotopic (exact) mass is 273 g/mol. The molecule has 2 N–H and O–H groups in total. The molecule has 0 amide bonds. The van der Waals surface area contributed by atoms with Gasteiger partial charge in [-0.2, -0.15) is 0 Å². The van der Waals surface area contributed by atoms with Crippen molar-refractivity contribution in [2.45, 2.75) is 18.9 Å². The molecule has 0 aliphatic carbocycles. The summed E-state index contributed by atoms with van der Waals surface area (Å²) in [5.41, 5.74) is -0.703. The second-order valence-electron chi connectivity index (χ2n) is 4.53. The molecule has 4 heteroatoms. The lowest BCUT2D eigenvalue weighted by Gasteiger charge is -2.31. The highest BCUT2D eigenvalue weighted by Gasteiger charge is 2.40. The average Bonchev–Trinajstić information content (AvgIpc) is 2.46. The third-order valence-corrected chi connectivity index (χ3v) is 3.36. The first kappa shape index (κ1) is 14.1. The van der Waals surface area contributed by atoms with E-state index >= 15 is 0 Å². The van der Waals surface area contributed by atoms with Gasteiger partial charge in [0, 0.05) is 11.3 Å². The molecule has 0 spiro atoms. The molecule has 0 bridgehead atoms. The Balaban J connectivity index is 2.51. The minimum Gasteiger partial charge on any atom is -0.479 e. The number of carbonyl (C=O) groups is 1. The standard InChI is InChI=1S/C16H16FNO2/c1-2-16(15(19)20,13-10-6-7-11-14(13)17)18-12-8-4-3-5-9-12/h3-11,18H,2H2,1H3,(H,19,20). The maximum atomic E-state index is 14.0. The van der Waals surface area contributed by atoms with E-state index in [1.54, 1.807) is 43.3 Å². The molecule has 1 atom stereocenters. The van der Waals surface area contributed by atoms with E-state index in [4.69, 9.17) is 0 Å². The molecule has 0 aliphatic rings. The van der Waals surface area contributed by atoms with Gasteiger partial charge in [0.15, 0.2) is 5.54 Å². The smallest absolute Gasteiger partial charge is 0.334 e. The normalized spacial score (nSPS) is 13.5. The number of nitrogens with one attached hydrogen (secondary N) is 1. The van der Waals surface area contributed by atoms with Crippen LogP contribution < -0.4 is 5.32 Å². The molecule has 2 rings (SSSR count). The second-order valence-corrected chi connectivity index (χ2v) is 4.53. The molecule has 0 radical (unpaired) electrons. The van der Waals surface area contributed by atoms with Crippen LogP contribution in [0.3, 0.4) is 0 Å². The number of para-hydroxylation sites is 1. The van der Waals surface area contributed by atoms with E-state index in [2.05, 4.69) is 5.32 Å². The lowest BCUT2D eigenvalue weighted by atomic mass is 9.86. The van der Waals surface area contributed by atoms with Crippen molar-refractivity contribution in [3.05, 3.63) is 66.0 Å². The molecule has 0 fully saturated rings. The zero-order valence-electron chi connectivity index (χ0n) is 11.1. The van der Waals surface area contributed by atoms with Gasteiger partial charge >= 0.3 is 5.97 Å². The zero-order valence-corrected chi connectivity index (χ0v) is 11.1. The summed E-state index contributed by atoms with van der Waals surface area (Å²) in [4.78, 5) is 11.8. The molecular formula is C16H16FNO2. The summed E-state index contributed by atoms with van der Waals surface area (Å²) >= 11 is 0. The van der Waals surface area contributed by atoms with Gasteiger partial charge in [-0.1, -0.05) is 43.3 Å². The first-order valence-corrected chi connectivity index (χ1v) is 6.42. The zero-order chi connectivity index (χ0) is 14.6. The molecule has 0 aliphatic heterocycles. The third-order valence-electron chi connectivity index (χ3n) is 3.36.